The van der Waals surface area contributed by atoms with Gasteiger partial charge >= 0.3 is 5.97 Å². The average molecular weight is 182 g/mol. The van der Waals surface area contributed by atoms with E-state index in [-0.39, 0.29) is 17.8 Å². The monoisotopic (exact) mass is 182 g/mol. The molecule has 0 radical (unpaired) electrons. The van der Waals surface area contributed by atoms with E-state index >= 15 is 0 Å². The molecule has 2 saturated carbocycles. The lowest BCUT2D eigenvalue weighted by molar-refractivity contribution is -0.145. The highest BCUT2D eigenvalue weighted by Gasteiger charge is 2.61. The lowest BCUT2D eigenvalue weighted by atomic mass is 10.0. The van der Waals surface area contributed by atoms with Gasteiger partial charge in [0.05, 0.1) is 12.5 Å². The zero-order chi connectivity index (χ0) is 9.42. The van der Waals surface area contributed by atoms with Crippen LogP contribution in [0.2, 0.25) is 0 Å². The summed E-state index contributed by atoms with van der Waals surface area (Å²) < 4.78 is 4.94. The summed E-state index contributed by atoms with van der Waals surface area (Å²) in [5.74, 6) is 0.846. The van der Waals surface area contributed by atoms with Crippen LogP contribution in [0.3, 0.4) is 0 Å². The van der Waals surface area contributed by atoms with Gasteiger partial charge < -0.3 is 9.53 Å². The molecule has 13 heavy (non-hydrogen) atoms. The molecule has 0 spiro atoms. The standard InChI is InChI=1S/C10H14O3/c1-2-13-10(12)9-7-4-3-6(5-11)8(7)9/h5-9H,2-4H2,1H3. The van der Waals surface area contributed by atoms with Gasteiger partial charge in [0.1, 0.15) is 6.29 Å². The van der Waals surface area contributed by atoms with Gasteiger partial charge in [-0.1, -0.05) is 0 Å². The SMILES string of the molecule is CCOC(=O)C1C2CCC(C=O)C21. The number of ether oxygens (including phenoxy) is 1. The molecule has 72 valence electrons. The molecule has 3 nitrogen and oxygen atoms in total. The summed E-state index contributed by atoms with van der Waals surface area (Å²) in [5.41, 5.74) is 0. The Morgan fingerprint density at radius 1 is 1.54 bits per heavy atom. The molecule has 2 aliphatic carbocycles. The predicted molar refractivity (Wildman–Crippen MR) is 45.9 cm³/mol. The Morgan fingerprint density at radius 2 is 2.31 bits per heavy atom. The van der Waals surface area contributed by atoms with Crippen LogP contribution in [0.15, 0.2) is 0 Å². The first-order valence-corrected chi connectivity index (χ1v) is 4.91. The molecule has 0 aromatic carbocycles. The zero-order valence-electron chi connectivity index (χ0n) is 7.73. The summed E-state index contributed by atoms with van der Waals surface area (Å²) in [5, 5.41) is 0. The summed E-state index contributed by atoms with van der Waals surface area (Å²) in [7, 11) is 0. The number of aldehydes is 1. The van der Waals surface area contributed by atoms with Gasteiger partial charge in [0.2, 0.25) is 0 Å². The zero-order valence-corrected chi connectivity index (χ0v) is 7.73. The molecular formula is C10H14O3. The van der Waals surface area contributed by atoms with Gasteiger partial charge in [0.25, 0.3) is 0 Å². The second-order valence-electron chi connectivity index (χ2n) is 3.90. The van der Waals surface area contributed by atoms with Crippen molar-refractivity contribution in [1.82, 2.24) is 0 Å². The molecule has 0 aromatic rings. The molecule has 0 N–H and O–H groups in total. The Labute approximate surface area is 77.4 Å². The smallest absolute Gasteiger partial charge is 0.309 e. The molecule has 2 aliphatic rings. The van der Waals surface area contributed by atoms with Crippen LogP contribution in [-0.2, 0) is 14.3 Å². The predicted octanol–water partition coefficient (Wildman–Crippen LogP) is 1.02. The van der Waals surface area contributed by atoms with E-state index in [1.54, 1.807) is 0 Å². The van der Waals surface area contributed by atoms with Crippen LogP contribution in [0, 0.1) is 23.7 Å². The van der Waals surface area contributed by atoms with Crippen LogP contribution in [0.5, 0.6) is 0 Å². The van der Waals surface area contributed by atoms with Crippen LogP contribution < -0.4 is 0 Å². The average Bonchev–Trinajstić information content (AvgIpc) is 2.69. The minimum absolute atomic E-state index is 0.0453. The molecule has 0 aromatic heterocycles. The highest BCUT2D eigenvalue weighted by molar-refractivity contribution is 5.78. The summed E-state index contributed by atoms with van der Waals surface area (Å²) in [6, 6.07) is 0. The Hall–Kier alpha value is -0.860. The molecule has 0 heterocycles. The molecule has 0 amide bonds. The number of fused-ring (bicyclic) bond motifs is 1. The Morgan fingerprint density at radius 3 is 2.92 bits per heavy atom. The highest BCUT2D eigenvalue weighted by atomic mass is 16.5. The van der Waals surface area contributed by atoms with Crippen LogP contribution >= 0.6 is 0 Å². The number of rotatable bonds is 3. The number of carbonyl (C=O) groups excluding carboxylic acids is 2. The fourth-order valence-electron chi connectivity index (χ4n) is 2.66. The Kier molecular flexibility index (Phi) is 2.10. The number of hydrogen-bond acceptors (Lipinski definition) is 3. The second kappa shape index (κ2) is 3.13. The highest BCUT2D eigenvalue weighted by Crippen LogP contribution is 2.60. The summed E-state index contributed by atoms with van der Waals surface area (Å²) in [4.78, 5) is 22.0. The van der Waals surface area contributed by atoms with E-state index in [0.29, 0.717) is 18.4 Å². The van der Waals surface area contributed by atoms with E-state index in [2.05, 4.69) is 0 Å². The first-order valence-electron chi connectivity index (χ1n) is 4.91. The van der Waals surface area contributed by atoms with Crippen molar-refractivity contribution in [3.8, 4) is 0 Å². The maximum atomic E-state index is 11.3. The van der Waals surface area contributed by atoms with E-state index < -0.39 is 0 Å². The minimum Gasteiger partial charge on any atom is -0.466 e. The third-order valence-electron chi connectivity index (χ3n) is 3.29. The summed E-state index contributed by atoms with van der Waals surface area (Å²) >= 11 is 0. The van der Waals surface area contributed by atoms with Crippen LogP contribution in [0.4, 0.5) is 0 Å². The molecule has 2 fully saturated rings. The van der Waals surface area contributed by atoms with Gasteiger partial charge in [-0.3, -0.25) is 4.79 Å². The van der Waals surface area contributed by atoms with Gasteiger partial charge in [-0.2, -0.15) is 0 Å². The molecule has 4 unspecified atom stereocenters. The van der Waals surface area contributed by atoms with Crippen molar-refractivity contribution < 1.29 is 14.3 Å². The van der Waals surface area contributed by atoms with Crippen LogP contribution in [-0.4, -0.2) is 18.9 Å². The number of carbonyl (C=O) groups is 2. The van der Waals surface area contributed by atoms with E-state index in [1.807, 2.05) is 6.92 Å². The quantitative estimate of drug-likeness (QED) is 0.483. The van der Waals surface area contributed by atoms with E-state index in [0.717, 1.165) is 19.1 Å². The lowest BCUT2D eigenvalue weighted by Gasteiger charge is -2.06. The fourth-order valence-corrected chi connectivity index (χ4v) is 2.66. The summed E-state index contributed by atoms with van der Waals surface area (Å²) in [6.07, 6.45) is 3.00. The third-order valence-corrected chi connectivity index (χ3v) is 3.29. The van der Waals surface area contributed by atoms with E-state index in [9.17, 15) is 9.59 Å². The molecule has 0 bridgehead atoms. The minimum atomic E-state index is -0.0935. The largest absolute Gasteiger partial charge is 0.466 e. The van der Waals surface area contributed by atoms with Gasteiger partial charge in [-0.25, -0.2) is 0 Å². The van der Waals surface area contributed by atoms with Crippen molar-refractivity contribution in [2.24, 2.45) is 23.7 Å². The van der Waals surface area contributed by atoms with E-state index in [4.69, 9.17) is 4.74 Å². The van der Waals surface area contributed by atoms with Crippen molar-refractivity contribution in [3.05, 3.63) is 0 Å². The third kappa shape index (κ3) is 1.26. The first kappa shape index (κ1) is 8.73. The fraction of sp³-hybridized carbons (Fsp3) is 0.800. The van der Waals surface area contributed by atoms with Crippen molar-refractivity contribution in [2.75, 3.05) is 6.61 Å². The van der Waals surface area contributed by atoms with Crippen molar-refractivity contribution in [3.63, 3.8) is 0 Å². The molecule has 0 saturated heterocycles. The van der Waals surface area contributed by atoms with Crippen molar-refractivity contribution in [2.45, 2.75) is 19.8 Å². The van der Waals surface area contributed by atoms with Gasteiger partial charge in [-0.15, -0.1) is 0 Å². The normalized spacial score (nSPS) is 41.0. The first-order chi connectivity index (χ1) is 6.29. The summed E-state index contributed by atoms with van der Waals surface area (Å²) in [6.45, 7) is 2.26. The van der Waals surface area contributed by atoms with Gasteiger partial charge in [0.15, 0.2) is 0 Å². The van der Waals surface area contributed by atoms with Crippen molar-refractivity contribution in [1.29, 1.82) is 0 Å². The van der Waals surface area contributed by atoms with Gasteiger partial charge in [0, 0.05) is 5.92 Å². The molecule has 0 aliphatic heterocycles. The number of hydrogen-bond donors (Lipinski definition) is 0. The van der Waals surface area contributed by atoms with Crippen LogP contribution in [0.25, 0.3) is 0 Å². The number of esters is 1. The maximum Gasteiger partial charge on any atom is 0.309 e. The maximum absolute atomic E-state index is 11.3. The van der Waals surface area contributed by atoms with E-state index in [1.165, 1.54) is 0 Å². The van der Waals surface area contributed by atoms with Crippen molar-refractivity contribution >= 4 is 12.3 Å². The second-order valence-corrected chi connectivity index (χ2v) is 3.90. The van der Waals surface area contributed by atoms with Crippen LogP contribution in [0.1, 0.15) is 19.8 Å². The topological polar surface area (TPSA) is 43.4 Å². The molecular weight excluding hydrogens is 168 g/mol. The lowest BCUT2D eigenvalue weighted by Crippen LogP contribution is -2.13. The van der Waals surface area contributed by atoms with Gasteiger partial charge in [-0.05, 0) is 31.6 Å². The Bertz CT molecular complexity index is 236. The molecule has 3 heteroatoms. The molecule has 2 rings (SSSR count). The molecule has 4 atom stereocenters. The Balaban J connectivity index is 1.93.